The highest BCUT2D eigenvalue weighted by Gasteiger charge is 2.20. The van der Waals surface area contributed by atoms with E-state index in [-0.39, 0.29) is 22.6 Å². The van der Waals surface area contributed by atoms with Gasteiger partial charge in [-0.05, 0) is 26.0 Å². The molecule has 1 aromatic carbocycles. The standard InChI is InChI=1S/C19H15N3O6S/c1-11-6-7-20-19(21-11)29-10-13-8-16(23)17(9-27-13)28-18(24)14-4-3-5-15(12(14)2)22(25)26/h3-9H,10H2,1-2H3. The molecule has 0 saturated carbocycles. The van der Waals surface area contributed by atoms with Crippen LogP contribution >= 0.6 is 11.8 Å². The van der Waals surface area contributed by atoms with Crippen molar-refractivity contribution in [3.05, 3.63) is 85.7 Å². The van der Waals surface area contributed by atoms with E-state index in [2.05, 4.69) is 9.97 Å². The third-order valence-electron chi connectivity index (χ3n) is 3.89. The summed E-state index contributed by atoms with van der Waals surface area (Å²) in [7, 11) is 0. The van der Waals surface area contributed by atoms with Gasteiger partial charge in [-0.3, -0.25) is 14.9 Å². The third kappa shape index (κ3) is 4.85. The predicted octanol–water partition coefficient (Wildman–Crippen LogP) is 3.47. The highest BCUT2D eigenvalue weighted by atomic mass is 32.2. The molecule has 0 bridgehead atoms. The highest BCUT2D eigenvalue weighted by Crippen LogP contribution is 2.23. The Morgan fingerprint density at radius 2 is 2.10 bits per heavy atom. The van der Waals surface area contributed by atoms with Crippen molar-refractivity contribution in [1.82, 2.24) is 9.97 Å². The molecule has 3 aromatic rings. The minimum atomic E-state index is -0.881. The SMILES string of the molecule is Cc1ccnc(SCc2cc(=O)c(OC(=O)c3cccc([N+](=O)[O-])c3C)co2)n1. The number of aromatic nitrogens is 2. The van der Waals surface area contributed by atoms with Gasteiger partial charge in [0.2, 0.25) is 11.2 Å². The molecule has 2 heterocycles. The van der Waals surface area contributed by atoms with Gasteiger partial charge < -0.3 is 9.15 Å². The van der Waals surface area contributed by atoms with Crippen LogP contribution in [0.5, 0.6) is 5.75 Å². The lowest BCUT2D eigenvalue weighted by Crippen LogP contribution is -2.16. The van der Waals surface area contributed by atoms with Crippen LogP contribution in [-0.2, 0) is 5.75 Å². The van der Waals surface area contributed by atoms with Gasteiger partial charge in [0, 0.05) is 29.6 Å². The highest BCUT2D eigenvalue weighted by molar-refractivity contribution is 7.98. The van der Waals surface area contributed by atoms with E-state index < -0.39 is 16.3 Å². The summed E-state index contributed by atoms with van der Waals surface area (Å²) < 4.78 is 10.4. The first-order valence-corrected chi connectivity index (χ1v) is 9.34. The fourth-order valence-electron chi connectivity index (χ4n) is 2.42. The Balaban J connectivity index is 1.72. The normalized spacial score (nSPS) is 10.6. The topological polar surface area (TPSA) is 125 Å². The quantitative estimate of drug-likeness (QED) is 0.196. The number of nitrogens with zero attached hydrogens (tertiary/aromatic N) is 3. The molecule has 0 atom stereocenters. The van der Waals surface area contributed by atoms with E-state index in [1.54, 1.807) is 12.3 Å². The van der Waals surface area contributed by atoms with Crippen LogP contribution in [0.25, 0.3) is 0 Å². The van der Waals surface area contributed by atoms with Crippen molar-refractivity contribution in [3.63, 3.8) is 0 Å². The van der Waals surface area contributed by atoms with Gasteiger partial charge in [-0.1, -0.05) is 17.8 Å². The predicted molar refractivity (Wildman–Crippen MR) is 104 cm³/mol. The van der Waals surface area contributed by atoms with E-state index >= 15 is 0 Å². The average Bonchev–Trinajstić information content (AvgIpc) is 2.68. The monoisotopic (exact) mass is 413 g/mol. The van der Waals surface area contributed by atoms with Gasteiger partial charge >= 0.3 is 5.97 Å². The first kappa shape index (κ1) is 20.2. The minimum Gasteiger partial charge on any atom is -0.464 e. The Kier molecular flexibility index (Phi) is 6.03. The molecule has 0 saturated heterocycles. The van der Waals surface area contributed by atoms with Gasteiger partial charge in [0.15, 0.2) is 5.16 Å². The number of nitro groups is 1. The lowest BCUT2D eigenvalue weighted by molar-refractivity contribution is -0.385. The Hall–Kier alpha value is -3.53. The molecule has 0 N–H and O–H groups in total. The zero-order valence-corrected chi connectivity index (χ0v) is 16.3. The number of thioether (sulfide) groups is 1. The molecular weight excluding hydrogens is 398 g/mol. The van der Waals surface area contributed by atoms with Crippen LogP contribution in [0.4, 0.5) is 5.69 Å². The van der Waals surface area contributed by atoms with Crippen LogP contribution in [0.1, 0.15) is 27.4 Å². The Labute approximate surface area is 168 Å². The number of hydrogen-bond acceptors (Lipinski definition) is 9. The summed E-state index contributed by atoms with van der Waals surface area (Å²) in [5.74, 6) is -0.511. The maximum atomic E-state index is 12.3. The Morgan fingerprint density at radius 3 is 2.79 bits per heavy atom. The van der Waals surface area contributed by atoms with Crippen molar-refractivity contribution in [3.8, 4) is 5.75 Å². The molecule has 148 valence electrons. The summed E-state index contributed by atoms with van der Waals surface area (Å²) in [6, 6.07) is 7.03. The van der Waals surface area contributed by atoms with Crippen molar-refractivity contribution >= 4 is 23.4 Å². The van der Waals surface area contributed by atoms with E-state index in [4.69, 9.17) is 9.15 Å². The van der Waals surface area contributed by atoms with E-state index in [0.29, 0.717) is 16.7 Å². The van der Waals surface area contributed by atoms with Gasteiger partial charge in [-0.15, -0.1) is 0 Å². The number of benzene rings is 1. The second-order valence-electron chi connectivity index (χ2n) is 5.94. The Morgan fingerprint density at radius 1 is 1.31 bits per heavy atom. The molecule has 29 heavy (non-hydrogen) atoms. The van der Waals surface area contributed by atoms with E-state index in [0.717, 1.165) is 12.0 Å². The molecule has 2 aromatic heterocycles. The van der Waals surface area contributed by atoms with Gasteiger partial charge in [0.25, 0.3) is 5.69 Å². The summed E-state index contributed by atoms with van der Waals surface area (Å²) in [6.07, 6.45) is 2.68. The lowest BCUT2D eigenvalue weighted by Gasteiger charge is -2.07. The zero-order valence-electron chi connectivity index (χ0n) is 15.4. The molecule has 0 amide bonds. The molecule has 0 radical (unpaired) electrons. The largest absolute Gasteiger partial charge is 0.464 e. The van der Waals surface area contributed by atoms with Crippen molar-refractivity contribution in [2.45, 2.75) is 24.8 Å². The van der Waals surface area contributed by atoms with Crippen molar-refractivity contribution in [2.24, 2.45) is 0 Å². The van der Waals surface area contributed by atoms with Gasteiger partial charge in [0.1, 0.15) is 12.0 Å². The number of esters is 1. The summed E-state index contributed by atoms with van der Waals surface area (Å²) in [5, 5.41) is 11.6. The third-order valence-corrected chi connectivity index (χ3v) is 4.78. The number of nitro benzene ring substituents is 1. The number of carbonyl (C=O) groups is 1. The first-order chi connectivity index (χ1) is 13.8. The Bertz CT molecular complexity index is 1140. The zero-order chi connectivity index (χ0) is 21.0. The van der Waals surface area contributed by atoms with Crippen LogP contribution in [0.2, 0.25) is 0 Å². The molecule has 0 aliphatic heterocycles. The van der Waals surface area contributed by atoms with Gasteiger partial charge in [-0.25, -0.2) is 14.8 Å². The van der Waals surface area contributed by atoms with Crippen LogP contribution < -0.4 is 10.2 Å². The number of ether oxygens (including phenoxy) is 1. The summed E-state index contributed by atoms with van der Waals surface area (Å²) in [6.45, 7) is 3.28. The molecule has 9 nitrogen and oxygen atoms in total. The maximum Gasteiger partial charge on any atom is 0.344 e. The smallest absolute Gasteiger partial charge is 0.344 e. The molecular formula is C19H15N3O6S. The van der Waals surface area contributed by atoms with Gasteiger partial charge in [-0.2, -0.15) is 0 Å². The summed E-state index contributed by atoms with van der Waals surface area (Å²) in [4.78, 5) is 43.4. The minimum absolute atomic E-state index is 0.00479. The number of aryl methyl sites for hydroxylation is 1. The van der Waals surface area contributed by atoms with Crippen molar-refractivity contribution in [1.29, 1.82) is 0 Å². The fourth-order valence-corrected chi connectivity index (χ4v) is 3.18. The average molecular weight is 413 g/mol. The van der Waals surface area contributed by atoms with Crippen LogP contribution in [0, 0.1) is 24.0 Å². The van der Waals surface area contributed by atoms with Gasteiger partial charge in [0.05, 0.1) is 16.2 Å². The van der Waals surface area contributed by atoms with Crippen LogP contribution in [0.15, 0.2) is 57.2 Å². The second-order valence-corrected chi connectivity index (χ2v) is 6.88. The fraction of sp³-hybridized carbons (Fsp3) is 0.158. The summed E-state index contributed by atoms with van der Waals surface area (Å²) >= 11 is 1.29. The van der Waals surface area contributed by atoms with E-state index in [1.165, 1.54) is 43.0 Å². The molecule has 0 unspecified atom stereocenters. The molecule has 0 aliphatic rings. The van der Waals surface area contributed by atoms with Crippen LogP contribution in [0.3, 0.4) is 0 Å². The van der Waals surface area contributed by atoms with Crippen molar-refractivity contribution < 1.29 is 18.9 Å². The summed E-state index contributed by atoms with van der Waals surface area (Å²) in [5.41, 5.74) is 0.209. The molecule has 10 heteroatoms. The number of carbonyl (C=O) groups excluding carboxylic acids is 1. The maximum absolute atomic E-state index is 12.3. The lowest BCUT2D eigenvalue weighted by atomic mass is 10.1. The molecule has 0 fully saturated rings. The number of rotatable bonds is 6. The van der Waals surface area contributed by atoms with E-state index in [9.17, 15) is 19.7 Å². The molecule has 3 rings (SSSR count). The first-order valence-electron chi connectivity index (χ1n) is 8.35. The molecule has 0 spiro atoms. The van der Waals surface area contributed by atoms with Crippen molar-refractivity contribution in [2.75, 3.05) is 0 Å². The van der Waals surface area contributed by atoms with Crippen LogP contribution in [-0.4, -0.2) is 20.9 Å². The molecule has 0 aliphatic carbocycles. The number of hydrogen-bond donors (Lipinski definition) is 0. The second kappa shape index (κ2) is 8.65. The van der Waals surface area contributed by atoms with E-state index in [1.807, 2.05) is 6.92 Å².